The zero-order valence-corrected chi connectivity index (χ0v) is 20.9. The van der Waals surface area contributed by atoms with Crippen molar-refractivity contribution >= 4 is 11.9 Å². The van der Waals surface area contributed by atoms with Gasteiger partial charge >= 0.3 is 12.3 Å². The predicted octanol–water partition coefficient (Wildman–Crippen LogP) is 5.28. The Labute approximate surface area is 207 Å². The number of methoxy groups -OCH3 is 1. The van der Waals surface area contributed by atoms with Crippen molar-refractivity contribution in [3.63, 3.8) is 0 Å². The first kappa shape index (κ1) is 27.4. The summed E-state index contributed by atoms with van der Waals surface area (Å²) >= 11 is 0. The number of halogens is 3. The quantitative estimate of drug-likeness (QED) is 0.386. The standard InChI is InChI=1S/C25H30F3N3O5/c1-15-11-19(22(32)16-7-6-10-31(13-16)23(33)36-24(2,3)4)29-30-21(15)18-9-8-17(25(26,27)28)12-20(18)35-14-34-5/h8-9,11-12,16H,6-7,10,13-14H2,1-5H3. The van der Waals surface area contributed by atoms with E-state index in [0.29, 0.717) is 24.9 Å². The second kappa shape index (κ2) is 10.8. The average molecular weight is 510 g/mol. The highest BCUT2D eigenvalue weighted by atomic mass is 19.4. The van der Waals surface area contributed by atoms with Gasteiger partial charge in [0.25, 0.3) is 0 Å². The normalized spacial score (nSPS) is 16.6. The van der Waals surface area contributed by atoms with Gasteiger partial charge in [-0.2, -0.15) is 13.2 Å². The van der Waals surface area contributed by atoms with Gasteiger partial charge in [-0.05, 0) is 70.4 Å². The molecule has 0 spiro atoms. The van der Waals surface area contributed by atoms with Crippen molar-refractivity contribution in [1.29, 1.82) is 0 Å². The minimum absolute atomic E-state index is 0.0663. The van der Waals surface area contributed by atoms with E-state index in [0.717, 1.165) is 12.1 Å². The molecular weight excluding hydrogens is 479 g/mol. The van der Waals surface area contributed by atoms with Crippen molar-refractivity contribution < 1.29 is 37.0 Å². The number of nitrogens with zero attached hydrogens (tertiary/aromatic N) is 3. The maximum absolute atomic E-state index is 13.2. The molecule has 36 heavy (non-hydrogen) atoms. The fourth-order valence-electron chi connectivity index (χ4n) is 3.90. The lowest BCUT2D eigenvalue weighted by Crippen LogP contribution is -2.44. The van der Waals surface area contributed by atoms with Crippen LogP contribution in [0.4, 0.5) is 18.0 Å². The molecule has 11 heteroatoms. The maximum atomic E-state index is 13.2. The summed E-state index contributed by atoms with van der Waals surface area (Å²) in [4.78, 5) is 27.1. The van der Waals surface area contributed by atoms with E-state index in [4.69, 9.17) is 14.2 Å². The Morgan fingerprint density at radius 2 is 1.86 bits per heavy atom. The highest BCUT2D eigenvalue weighted by Crippen LogP contribution is 2.37. The highest BCUT2D eigenvalue weighted by molar-refractivity contribution is 5.97. The third-order valence-corrected chi connectivity index (χ3v) is 5.58. The Morgan fingerprint density at radius 3 is 2.47 bits per heavy atom. The zero-order valence-electron chi connectivity index (χ0n) is 20.9. The van der Waals surface area contributed by atoms with Gasteiger partial charge in [0, 0.05) is 31.7 Å². The minimum Gasteiger partial charge on any atom is -0.467 e. The van der Waals surface area contributed by atoms with Gasteiger partial charge in [0.05, 0.1) is 11.3 Å². The van der Waals surface area contributed by atoms with Gasteiger partial charge in [0.15, 0.2) is 12.6 Å². The Hall–Kier alpha value is -3.21. The average Bonchev–Trinajstić information content (AvgIpc) is 2.80. The molecule has 8 nitrogen and oxygen atoms in total. The minimum atomic E-state index is -4.55. The number of carbonyl (C=O) groups excluding carboxylic acids is 2. The number of alkyl halides is 3. The van der Waals surface area contributed by atoms with E-state index in [1.54, 1.807) is 33.8 Å². The van der Waals surface area contributed by atoms with Crippen molar-refractivity contribution in [2.24, 2.45) is 5.92 Å². The third kappa shape index (κ3) is 6.71. The number of likely N-dealkylation sites (tertiary alicyclic amines) is 1. The van der Waals surface area contributed by atoms with Crippen LogP contribution in [0.3, 0.4) is 0 Å². The van der Waals surface area contributed by atoms with E-state index in [2.05, 4.69) is 10.2 Å². The second-order valence-corrected chi connectivity index (χ2v) is 9.65. The molecule has 0 bridgehead atoms. The van der Waals surface area contributed by atoms with Gasteiger partial charge in [-0.3, -0.25) is 4.79 Å². The van der Waals surface area contributed by atoms with Crippen LogP contribution in [0.15, 0.2) is 24.3 Å². The number of aryl methyl sites for hydroxylation is 1. The SMILES string of the molecule is COCOc1cc(C(F)(F)F)ccc1-c1nnc(C(=O)C2CCCN(C(=O)OC(C)(C)C)C2)cc1C. The molecule has 1 aliphatic rings. The van der Waals surface area contributed by atoms with E-state index in [1.807, 2.05) is 0 Å². The fourth-order valence-corrected chi connectivity index (χ4v) is 3.90. The van der Waals surface area contributed by atoms with Crippen LogP contribution in [-0.4, -0.2) is 59.6 Å². The molecule has 2 aromatic rings. The molecule has 0 aliphatic carbocycles. The first-order chi connectivity index (χ1) is 16.8. The molecule has 1 fully saturated rings. The Kier molecular flexibility index (Phi) is 8.22. The number of ketones is 1. The number of ether oxygens (including phenoxy) is 3. The van der Waals surface area contributed by atoms with Crippen LogP contribution in [0, 0.1) is 12.8 Å². The van der Waals surface area contributed by atoms with Crippen LogP contribution in [0.25, 0.3) is 11.3 Å². The number of carbonyl (C=O) groups is 2. The van der Waals surface area contributed by atoms with E-state index >= 15 is 0 Å². The molecule has 1 unspecified atom stereocenters. The van der Waals surface area contributed by atoms with Gasteiger partial charge in [-0.1, -0.05) is 0 Å². The molecule has 3 rings (SSSR count). The molecule has 1 amide bonds. The van der Waals surface area contributed by atoms with Crippen LogP contribution >= 0.6 is 0 Å². The van der Waals surface area contributed by atoms with Crippen LogP contribution in [0.2, 0.25) is 0 Å². The predicted molar refractivity (Wildman–Crippen MR) is 125 cm³/mol. The van der Waals surface area contributed by atoms with Crippen molar-refractivity contribution in [3.8, 4) is 17.0 Å². The number of aromatic nitrogens is 2. The van der Waals surface area contributed by atoms with Gasteiger partial charge in [-0.15, -0.1) is 10.2 Å². The lowest BCUT2D eigenvalue weighted by Gasteiger charge is -2.33. The number of benzene rings is 1. The second-order valence-electron chi connectivity index (χ2n) is 9.65. The summed E-state index contributed by atoms with van der Waals surface area (Å²) in [5.41, 5.74) is -0.283. The molecule has 196 valence electrons. The van der Waals surface area contributed by atoms with Crippen LogP contribution < -0.4 is 4.74 Å². The van der Waals surface area contributed by atoms with Gasteiger partial charge in [-0.25, -0.2) is 4.79 Å². The summed E-state index contributed by atoms with van der Waals surface area (Å²) < 4.78 is 55.2. The molecule has 1 aliphatic heterocycles. The number of piperidine rings is 1. The molecule has 0 saturated carbocycles. The number of hydrogen-bond donors (Lipinski definition) is 0. The van der Waals surface area contributed by atoms with Crippen LogP contribution in [0.1, 0.15) is 55.2 Å². The number of amides is 1. The van der Waals surface area contributed by atoms with E-state index in [-0.39, 0.29) is 41.8 Å². The van der Waals surface area contributed by atoms with Crippen LogP contribution in [0.5, 0.6) is 5.75 Å². The molecule has 1 aromatic heterocycles. The maximum Gasteiger partial charge on any atom is 0.416 e. The molecule has 2 heterocycles. The highest BCUT2D eigenvalue weighted by Gasteiger charge is 2.33. The molecule has 0 radical (unpaired) electrons. The summed E-state index contributed by atoms with van der Waals surface area (Å²) in [5, 5.41) is 8.22. The summed E-state index contributed by atoms with van der Waals surface area (Å²) in [6.45, 7) is 7.48. The first-order valence-corrected chi connectivity index (χ1v) is 11.5. The summed E-state index contributed by atoms with van der Waals surface area (Å²) in [6.07, 6.45) is -3.78. The lowest BCUT2D eigenvalue weighted by molar-refractivity contribution is -0.137. The summed E-state index contributed by atoms with van der Waals surface area (Å²) in [7, 11) is 1.36. The smallest absolute Gasteiger partial charge is 0.416 e. The lowest BCUT2D eigenvalue weighted by atomic mass is 9.91. The molecule has 1 atom stereocenters. The third-order valence-electron chi connectivity index (χ3n) is 5.58. The summed E-state index contributed by atoms with van der Waals surface area (Å²) in [6, 6.07) is 4.62. The fraction of sp³-hybridized carbons (Fsp3) is 0.520. The Balaban J connectivity index is 1.83. The number of hydrogen-bond acceptors (Lipinski definition) is 7. The molecule has 1 aromatic carbocycles. The van der Waals surface area contributed by atoms with E-state index in [9.17, 15) is 22.8 Å². The van der Waals surface area contributed by atoms with Crippen molar-refractivity contribution in [2.75, 3.05) is 27.0 Å². The molecule has 0 N–H and O–H groups in total. The topological polar surface area (TPSA) is 90.9 Å². The van der Waals surface area contributed by atoms with E-state index < -0.39 is 29.4 Å². The van der Waals surface area contributed by atoms with E-state index in [1.165, 1.54) is 18.1 Å². The molecule has 1 saturated heterocycles. The van der Waals surface area contributed by atoms with Gasteiger partial charge in [0.2, 0.25) is 0 Å². The number of rotatable bonds is 6. The number of Topliss-reactive ketones (excluding diaryl/α,β-unsaturated/α-hetero) is 1. The van der Waals surface area contributed by atoms with Gasteiger partial charge < -0.3 is 19.1 Å². The first-order valence-electron chi connectivity index (χ1n) is 11.5. The zero-order chi connectivity index (χ0) is 26.7. The van der Waals surface area contributed by atoms with Crippen LogP contribution in [-0.2, 0) is 15.7 Å². The molecular formula is C25H30F3N3O5. The van der Waals surface area contributed by atoms with Gasteiger partial charge in [0.1, 0.15) is 17.0 Å². The Bertz CT molecular complexity index is 1120. The summed E-state index contributed by atoms with van der Waals surface area (Å²) in [5.74, 6) is -0.783. The van der Waals surface area contributed by atoms with Crippen molar-refractivity contribution in [3.05, 3.63) is 41.1 Å². The van der Waals surface area contributed by atoms with Crippen molar-refractivity contribution in [2.45, 2.75) is 52.3 Å². The van der Waals surface area contributed by atoms with Crippen molar-refractivity contribution in [1.82, 2.24) is 15.1 Å². The largest absolute Gasteiger partial charge is 0.467 e. The Morgan fingerprint density at radius 1 is 1.14 bits per heavy atom. The monoisotopic (exact) mass is 509 g/mol.